The Morgan fingerprint density at radius 1 is 1.11 bits per heavy atom. The minimum Gasteiger partial charge on any atom is -0.497 e. The maximum absolute atomic E-state index is 13.6. The third kappa shape index (κ3) is 5.43. The molecular formula is C26H26N4O5S2. The fraction of sp³-hybridized carbons (Fsp3) is 0.269. The number of hydrogen-bond acceptors (Lipinski definition) is 8. The van der Waals surface area contributed by atoms with Crippen LogP contribution >= 0.6 is 11.3 Å². The maximum Gasteiger partial charge on any atom is 0.280 e. The average molecular weight is 539 g/mol. The number of ether oxygens (including phenoxy) is 1. The molecule has 0 atom stereocenters. The van der Waals surface area contributed by atoms with Crippen molar-refractivity contribution in [2.24, 2.45) is 5.10 Å². The Labute approximate surface area is 219 Å². The number of aromatic nitrogens is 1. The molecule has 0 radical (unpaired) electrons. The van der Waals surface area contributed by atoms with Gasteiger partial charge in [0.05, 0.1) is 34.7 Å². The van der Waals surface area contributed by atoms with E-state index in [-0.39, 0.29) is 10.5 Å². The van der Waals surface area contributed by atoms with Gasteiger partial charge in [0.2, 0.25) is 15.2 Å². The molecule has 4 aromatic rings. The molecule has 3 heterocycles. The molecule has 1 amide bonds. The van der Waals surface area contributed by atoms with Crippen LogP contribution in [0.3, 0.4) is 0 Å². The number of fused-ring (bicyclic) bond motifs is 1. The van der Waals surface area contributed by atoms with Gasteiger partial charge in [-0.1, -0.05) is 24.2 Å². The number of rotatable bonds is 7. The van der Waals surface area contributed by atoms with Crippen molar-refractivity contribution in [3.63, 3.8) is 0 Å². The van der Waals surface area contributed by atoms with Crippen molar-refractivity contribution < 1.29 is 22.4 Å². The SMILES string of the molecule is COc1ccc2nc(N(/N=C/c3ccco3)C(=O)c3ccc(S(=O)(=O)N4CCCCCC4)cc3)sc2c1. The molecule has 1 saturated heterocycles. The first-order chi connectivity index (χ1) is 18.0. The van der Waals surface area contributed by atoms with Gasteiger partial charge >= 0.3 is 0 Å². The highest BCUT2D eigenvalue weighted by molar-refractivity contribution is 7.89. The maximum atomic E-state index is 13.6. The molecule has 11 heteroatoms. The largest absolute Gasteiger partial charge is 0.497 e. The van der Waals surface area contributed by atoms with Crippen LogP contribution in [0.5, 0.6) is 5.75 Å². The number of hydrazone groups is 1. The molecule has 0 bridgehead atoms. The molecule has 37 heavy (non-hydrogen) atoms. The van der Waals surface area contributed by atoms with Crippen LogP contribution in [0.25, 0.3) is 10.2 Å². The lowest BCUT2D eigenvalue weighted by atomic mass is 10.2. The molecule has 2 aromatic heterocycles. The van der Waals surface area contributed by atoms with Crippen molar-refractivity contribution in [2.75, 3.05) is 25.2 Å². The number of sulfonamides is 1. The van der Waals surface area contributed by atoms with E-state index in [1.165, 1.54) is 57.4 Å². The monoisotopic (exact) mass is 538 g/mol. The van der Waals surface area contributed by atoms with Gasteiger partial charge in [0.15, 0.2) is 0 Å². The standard InChI is InChI=1S/C26H26N4O5S2/c1-34-20-10-13-23-24(17-20)36-26(28-23)30(27-18-21-7-6-16-35-21)25(31)19-8-11-22(12-9-19)37(32,33)29-14-4-2-3-5-15-29/h6-13,16-18H,2-5,14-15H2,1H3/b27-18+. The summed E-state index contributed by atoms with van der Waals surface area (Å²) in [7, 11) is -2.03. The highest BCUT2D eigenvalue weighted by Gasteiger charge is 2.26. The van der Waals surface area contributed by atoms with Crippen LogP contribution in [0.15, 0.2) is 75.3 Å². The number of methoxy groups -OCH3 is 1. The van der Waals surface area contributed by atoms with Crippen LogP contribution < -0.4 is 9.75 Å². The van der Waals surface area contributed by atoms with E-state index in [1.54, 1.807) is 25.3 Å². The lowest BCUT2D eigenvalue weighted by molar-refractivity contribution is 0.0987. The number of furan rings is 1. The zero-order valence-electron chi connectivity index (χ0n) is 20.2. The first kappa shape index (κ1) is 25.1. The quantitative estimate of drug-likeness (QED) is 0.238. The Morgan fingerprint density at radius 2 is 1.86 bits per heavy atom. The fourth-order valence-corrected chi connectivity index (χ4v) is 6.57. The molecule has 192 valence electrons. The number of carbonyl (C=O) groups excluding carboxylic acids is 1. The minimum atomic E-state index is -3.62. The average Bonchev–Trinajstić information content (AvgIpc) is 3.50. The van der Waals surface area contributed by atoms with Crippen molar-refractivity contribution in [1.82, 2.24) is 9.29 Å². The number of amides is 1. The Kier molecular flexibility index (Phi) is 7.36. The first-order valence-electron chi connectivity index (χ1n) is 11.9. The molecule has 1 fully saturated rings. The third-order valence-electron chi connectivity index (χ3n) is 6.11. The van der Waals surface area contributed by atoms with Gasteiger partial charge in [-0.3, -0.25) is 4.79 Å². The van der Waals surface area contributed by atoms with Crippen LogP contribution in [0.1, 0.15) is 41.8 Å². The van der Waals surface area contributed by atoms with Crippen LogP contribution in [0.4, 0.5) is 5.13 Å². The van der Waals surface area contributed by atoms with Gasteiger partial charge in [-0.25, -0.2) is 13.4 Å². The summed E-state index contributed by atoms with van der Waals surface area (Å²) in [5.41, 5.74) is 0.980. The van der Waals surface area contributed by atoms with E-state index < -0.39 is 15.9 Å². The molecule has 2 aromatic carbocycles. The predicted octanol–water partition coefficient (Wildman–Crippen LogP) is 5.14. The normalized spacial score (nSPS) is 15.2. The Hall–Kier alpha value is -3.54. The molecule has 0 saturated carbocycles. The summed E-state index contributed by atoms with van der Waals surface area (Å²) in [6.45, 7) is 1.03. The number of hydrogen-bond donors (Lipinski definition) is 0. The van der Waals surface area contributed by atoms with Gasteiger partial charge in [-0.05, 0) is 67.4 Å². The predicted molar refractivity (Wildman–Crippen MR) is 143 cm³/mol. The van der Waals surface area contributed by atoms with Crippen molar-refractivity contribution in [3.8, 4) is 5.75 Å². The van der Waals surface area contributed by atoms with Crippen LogP contribution in [0, 0.1) is 0 Å². The fourth-order valence-electron chi connectivity index (χ4n) is 4.10. The number of nitrogens with zero attached hydrogens (tertiary/aromatic N) is 4. The van der Waals surface area contributed by atoms with E-state index in [1.807, 2.05) is 12.1 Å². The summed E-state index contributed by atoms with van der Waals surface area (Å²) in [4.78, 5) is 18.3. The Bertz CT molecular complexity index is 1500. The zero-order chi connectivity index (χ0) is 25.8. The van der Waals surface area contributed by atoms with Crippen molar-refractivity contribution in [1.29, 1.82) is 0 Å². The lowest BCUT2D eigenvalue weighted by Crippen LogP contribution is -2.32. The van der Waals surface area contributed by atoms with Crippen molar-refractivity contribution in [2.45, 2.75) is 30.6 Å². The lowest BCUT2D eigenvalue weighted by Gasteiger charge is -2.20. The third-order valence-corrected chi connectivity index (χ3v) is 9.01. The van der Waals surface area contributed by atoms with E-state index in [0.717, 1.165) is 30.4 Å². The van der Waals surface area contributed by atoms with E-state index in [9.17, 15) is 13.2 Å². The Balaban J connectivity index is 1.46. The van der Waals surface area contributed by atoms with Gasteiger partial charge in [0, 0.05) is 18.7 Å². The summed E-state index contributed by atoms with van der Waals surface area (Å²) in [6.07, 6.45) is 6.72. The summed E-state index contributed by atoms with van der Waals surface area (Å²) in [5, 5.41) is 5.91. The molecule has 0 aliphatic carbocycles. The highest BCUT2D eigenvalue weighted by Crippen LogP contribution is 2.32. The van der Waals surface area contributed by atoms with E-state index >= 15 is 0 Å². The molecule has 1 aliphatic heterocycles. The van der Waals surface area contributed by atoms with E-state index in [0.29, 0.717) is 35.2 Å². The van der Waals surface area contributed by atoms with Crippen LogP contribution in [0.2, 0.25) is 0 Å². The molecule has 0 unspecified atom stereocenters. The summed E-state index contributed by atoms with van der Waals surface area (Å²) in [6, 6.07) is 14.9. The second kappa shape index (κ2) is 10.8. The second-order valence-corrected chi connectivity index (χ2v) is 11.5. The van der Waals surface area contributed by atoms with Gasteiger partial charge in [-0.15, -0.1) is 0 Å². The zero-order valence-corrected chi connectivity index (χ0v) is 21.9. The van der Waals surface area contributed by atoms with Crippen molar-refractivity contribution >= 4 is 48.8 Å². The number of thiazole rings is 1. The van der Waals surface area contributed by atoms with Gasteiger partial charge < -0.3 is 9.15 Å². The number of carbonyl (C=O) groups is 1. The van der Waals surface area contributed by atoms with Crippen LogP contribution in [-0.2, 0) is 10.0 Å². The summed E-state index contributed by atoms with van der Waals surface area (Å²) in [5.74, 6) is 0.702. The van der Waals surface area contributed by atoms with Gasteiger partial charge in [0.25, 0.3) is 5.91 Å². The second-order valence-electron chi connectivity index (χ2n) is 8.55. The number of benzene rings is 2. The smallest absolute Gasteiger partial charge is 0.280 e. The first-order valence-corrected chi connectivity index (χ1v) is 14.2. The van der Waals surface area contributed by atoms with E-state index in [2.05, 4.69) is 10.1 Å². The molecule has 5 rings (SSSR count). The van der Waals surface area contributed by atoms with Gasteiger partial charge in [0.1, 0.15) is 11.5 Å². The molecule has 1 aliphatic rings. The topological polar surface area (TPSA) is 105 Å². The van der Waals surface area contributed by atoms with Crippen molar-refractivity contribution in [3.05, 3.63) is 72.2 Å². The highest BCUT2D eigenvalue weighted by atomic mass is 32.2. The van der Waals surface area contributed by atoms with E-state index in [4.69, 9.17) is 9.15 Å². The van der Waals surface area contributed by atoms with Crippen LogP contribution in [-0.4, -0.2) is 50.0 Å². The molecule has 0 N–H and O–H groups in total. The summed E-state index contributed by atoms with van der Waals surface area (Å²) < 4.78 is 39.3. The molecule has 9 nitrogen and oxygen atoms in total. The Morgan fingerprint density at radius 3 is 2.54 bits per heavy atom. The molecular weight excluding hydrogens is 512 g/mol. The molecule has 0 spiro atoms. The summed E-state index contributed by atoms with van der Waals surface area (Å²) >= 11 is 1.29. The van der Waals surface area contributed by atoms with Gasteiger partial charge in [-0.2, -0.15) is 14.4 Å². The minimum absolute atomic E-state index is 0.170. The number of anilines is 1.